The fraction of sp³-hybridized carbons (Fsp3) is 0.143. The number of halogens is 4. The number of benzene rings is 1. The standard InChI is InChI=1S/C14H9ClF3NO3/c1-22-11-3-2-8(14(16,17)18)5-9(11)7-4-10(13(20)21)12(15)19-6-7/h2-6H,1H3,(H,20,21). The van der Waals surface area contributed by atoms with Crippen molar-refractivity contribution in [3.05, 3.63) is 46.7 Å². The van der Waals surface area contributed by atoms with Gasteiger partial charge in [-0.3, -0.25) is 0 Å². The maximum absolute atomic E-state index is 12.8. The van der Waals surface area contributed by atoms with Gasteiger partial charge < -0.3 is 9.84 Å². The fourth-order valence-corrected chi connectivity index (χ4v) is 2.04. The molecule has 0 aliphatic heterocycles. The summed E-state index contributed by atoms with van der Waals surface area (Å²) in [6, 6.07) is 4.06. The molecule has 0 radical (unpaired) electrons. The van der Waals surface area contributed by atoms with Crippen LogP contribution in [-0.2, 0) is 6.18 Å². The Bertz CT molecular complexity index is 732. The van der Waals surface area contributed by atoms with E-state index in [1.807, 2.05) is 0 Å². The molecule has 0 aliphatic rings. The smallest absolute Gasteiger partial charge is 0.416 e. The van der Waals surface area contributed by atoms with Gasteiger partial charge in [0.15, 0.2) is 0 Å². The van der Waals surface area contributed by atoms with Crippen LogP contribution in [0.25, 0.3) is 11.1 Å². The highest BCUT2D eigenvalue weighted by Gasteiger charge is 2.31. The molecule has 8 heteroatoms. The summed E-state index contributed by atoms with van der Waals surface area (Å²) in [6.07, 6.45) is -3.34. The molecule has 0 fully saturated rings. The average molecular weight is 332 g/mol. The zero-order valence-corrected chi connectivity index (χ0v) is 11.9. The van der Waals surface area contributed by atoms with Gasteiger partial charge >= 0.3 is 12.1 Å². The maximum Gasteiger partial charge on any atom is 0.416 e. The second-order valence-corrected chi connectivity index (χ2v) is 4.64. The second-order valence-electron chi connectivity index (χ2n) is 4.28. The SMILES string of the molecule is COc1ccc(C(F)(F)F)cc1-c1cnc(Cl)c(C(=O)O)c1. The van der Waals surface area contributed by atoms with Gasteiger partial charge in [0.05, 0.1) is 18.2 Å². The Morgan fingerprint density at radius 1 is 1.32 bits per heavy atom. The molecule has 0 saturated carbocycles. The van der Waals surface area contributed by atoms with E-state index in [-0.39, 0.29) is 27.6 Å². The Hall–Kier alpha value is -2.28. The van der Waals surface area contributed by atoms with Crippen LogP contribution in [0.2, 0.25) is 5.15 Å². The molecule has 116 valence electrons. The van der Waals surface area contributed by atoms with Gasteiger partial charge in [-0.2, -0.15) is 13.2 Å². The summed E-state index contributed by atoms with van der Waals surface area (Å²) in [5, 5.41) is 8.76. The van der Waals surface area contributed by atoms with Crippen LogP contribution in [0.4, 0.5) is 13.2 Å². The number of pyridine rings is 1. The highest BCUT2D eigenvalue weighted by Crippen LogP contribution is 2.37. The lowest BCUT2D eigenvalue weighted by Crippen LogP contribution is -2.06. The maximum atomic E-state index is 12.8. The summed E-state index contributed by atoms with van der Waals surface area (Å²) in [5.41, 5.74) is -0.956. The average Bonchev–Trinajstić information content (AvgIpc) is 2.46. The molecular formula is C14H9ClF3NO3. The molecule has 1 aromatic heterocycles. The molecule has 0 atom stereocenters. The lowest BCUT2D eigenvalue weighted by molar-refractivity contribution is -0.137. The molecule has 2 rings (SSSR count). The Labute approximate surface area is 128 Å². The number of alkyl halides is 3. The minimum Gasteiger partial charge on any atom is -0.496 e. The van der Waals surface area contributed by atoms with Gasteiger partial charge in [0.1, 0.15) is 10.9 Å². The van der Waals surface area contributed by atoms with Crippen LogP contribution in [0.15, 0.2) is 30.5 Å². The van der Waals surface area contributed by atoms with Gasteiger partial charge in [-0.25, -0.2) is 9.78 Å². The molecule has 4 nitrogen and oxygen atoms in total. The van der Waals surface area contributed by atoms with E-state index in [1.165, 1.54) is 13.3 Å². The third-order valence-corrected chi connectivity index (χ3v) is 3.21. The van der Waals surface area contributed by atoms with Crippen LogP contribution < -0.4 is 4.74 Å². The first kappa shape index (κ1) is 16.1. The molecule has 1 N–H and O–H groups in total. The van der Waals surface area contributed by atoms with Crippen molar-refractivity contribution in [1.29, 1.82) is 0 Å². The Kier molecular flexibility index (Phi) is 4.27. The molecule has 0 saturated heterocycles. The van der Waals surface area contributed by atoms with Gasteiger partial charge in [0, 0.05) is 17.3 Å². The van der Waals surface area contributed by atoms with Crippen LogP contribution in [0.5, 0.6) is 5.75 Å². The molecule has 0 unspecified atom stereocenters. The predicted molar refractivity (Wildman–Crippen MR) is 73.2 cm³/mol. The predicted octanol–water partition coefficient (Wildman–Crippen LogP) is 4.13. The minimum absolute atomic E-state index is 0.0731. The van der Waals surface area contributed by atoms with E-state index in [2.05, 4.69) is 4.98 Å². The second kappa shape index (κ2) is 5.84. The molecule has 0 amide bonds. The third-order valence-electron chi connectivity index (χ3n) is 2.91. The number of carbonyl (C=O) groups is 1. The monoisotopic (exact) mass is 331 g/mol. The number of carboxylic acid groups (broad SMARTS) is 1. The summed E-state index contributed by atoms with van der Waals surface area (Å²) in [5.74, 6) is -1.17. The number of carboxylic acids is 1. The molecule has 1 aromatic carbocycles. The lowest BCUT2D eigenvalue weighted by Gasteiger charge is -2.13. The van der Waals surface area contributed by atoms with Crippen molar-refractivity contribution < 1.29 is 27.8 Å². The van der Waals surface area contributed by atoms with Crippen molar-refractivity contribution in [1.82, 2.24) is 4.98 Å². The van der Waals surface area contributed by atoms with Crippen molar-refractivity contribution >= 4 is 17.6 Å². The Morgan fingerprint density at radius 2 is 2.00 bits per heavy atom. The molecule has 1 heterocycles. The summed E-state index contributed by atoms with van der Waals surface area (Å²) < 4.78 is 43.5. The van der Waals surface area contributed by atoms with Crippen molar-refractivity contribution in [2.75, 3.05) is 7.11 Å². The number of hydrogen-bond acceptors (Lipinski definition) is 3. The van der Waals surface area contributed by atoms with Gasteiger partial charge in [-0.05, 0) is 24.3 Å². The quantitative estimate of drug-likeness (QED) is 0.859. The number of methoxy groups -OCH3 is 1. The van der Waals surface area contributed by atoms with Crippen LogP contribution in [0.1, 0.15) is 15.9 Å². The Balaban J connectivity index is 2.65. The van der Waals surface area contributed by atoms with Gasteiger partial charge in [-0.15, -0.1) is 0 Å². The van der Waals surface area contributed by atoms with Crippen molar-refractivity contribution in [3.8, 4) is 16.9 Å². The summed E-state index contributed by atoms with van der Waals surface area (Å²) in [7, 11) is 1.30. The first-order valence-electron chi connectivity index (χ1n) is 5.88. The normalized spacial score (nSPS) is 11.3. The number of rotatable bonds is 3. The highest BCUT2D eigenvalue weighted by molar-refractivity contribution is 6.32. The zero-order valence-electron chi connectivity index (χ0n) is 11.1. The molecular weight excluding hydrogens is 323 g/mol. The lowest BCUT2D eigenvalue weighted by atomic mass is 10.0. The number of ether oxygens (including phenoxy) is 1. The third kappa shape index (κ3) is 3.14. The van der Waals surface area contributed by atoms with E-state index in [9.17, 15) is 18.0 Å². The number of aromatic nitrogens is 1. The van der Waals surface area contributed by atoms with E-state index >= 15 is 0 Å². The minimum atomic E-state index is -4.53. The molecule has 0 bridgehead atoms. The van der Waals surface area contributed by atoms with Gasteiger partial charge in [0.2, 0.25) is 0 Å². The Morgan fingerprint density at radius 3 is 2.55 bits per heavy atom. The topological polar surface area (TPSA) is 59.4 Å². The summed E-state index contributed by atoms with van der Waals surface area (Å²) in [4.78, 5) is 14.7. The first-order valence-corrected chi connectivity index (χ1v) is 6.26. The molecule has 0 spiro atoms. The summed E-state index contributed by atoms with van der Waals surface area (Å²) in [6.45, 7) is 0. The number of hydrogen-bond donors (Lipinski definition) is 1. The van der Waals surface area contributed by atoms with E-state index in [1.54, 1.807) is 0 Å². The highest BCUT2D eigenvalue weighted by atomic mass is 35.5. The molecule has 0 aliphatic carbocycles. The summed E-state index contributed by atoms with van der Waals surface area (Å²) >= 11 is 5.65. The van der Waals surface area contributed by atoms with Gasteiger partial charge in [0.25, 0.3) is 0 Å². The van der Waals surface area contributed by atoms with E-state index in [0.29, 0.717) is 0 Å². The van der Waals surface area contributed by atoms with Crippen molar-refractivity contribution in [3.63, 3.8) is 0 Å². The zero-order chi connectivity index (χ0) is 16.5. The van der Waals surface area contributed by atoms with Crippen LogP contribution in [0.3, 0.4) is 0 Å². The van der Waals surface area contributed by atoms with Crippen LogP contribution >= 0.6 is 11.6 Å². The fourth-order valence-electron chi connectivity index (χ4n) is 1.86. The molecule has 22 heavy (non-hydrogen) atoms. The first-order chi connectivity index (χ1) is 10.2. The number of aromatic carboxylic acids is 1. The largest absolute Gasteiger partial charge is 0.496 e. The van der Waals surface area contributed by atoms with Crippen LogP contribution in [-0.4, -0.2) is 23.2 Å². The van der Waals surface area contributed by atoms with E-state index in [4.69, 9.17) is 21.4 Å². The van der Waals surface area contributed by atoms with Crippen molar-refractivity contribution in [2.45, 2.75) is 6.18 Å². The number of nitrogens with zero attached hydrogens (tertiary/aromatic N) is 1. The molecule has 2 aromatic rings. The van der Waals surface area contributed by atoms with E-state index < -0.39 is 17.7 Å². The van der Waals surface area contributed by atoms with E-state index in [0.717, 1.165) is 24.3 Å². The van der Waals surface area contributed by atoms with Crippen LogP contribution in [0, 0.1) is 0 Å². The van der Waals surface area contributed by atoms with Crippen molar-refractivity contribution in [2.24, 2.45) is 0 Å². The van der Waals surface area contributed by atoms with Gasteiger partial charge in [-0.1, -0.05) is 11.6 Å².